The van der Waals surface area contributed by atoms with Gasteiger partial charge < -0.3 is 9.47 Å². The van der Waals surface area contributed by atoms with Crippen molar-refractivity contribution in [3.8, 4) is 0 Å². The van der Waals surface area contributed by atoms with Crippen molar-refractivity contribution in [2.45, 2.75) is 58.7 Å². The van der Waals surface area contributed by atoms with Crippen LogP contribution in [0.15, 0.2) is 0 Å². The van der Waals surface area contributed by atoms with Gasteiger partial charge in [0.15, 0.2) is 0 Å². The van der Waals surface area contributed by atoms with Crippen LogP contribution >= 0.6 is 0 Å². The molecule has 0 aliphatic carbocycles. The minimum absolute atomic E-state index is 0.174. The van der Waals surface area contributed by atoms with Crippen LogP contribution in [-0.2, 0) is 14.3 Å². The molecule has 1 rings (SSSR count). The van der Waals surface area contributed by atoms with Crippen LogP contribution in [-0.4, -0.2) is 24.8 Å². The number of ether oxygens (including phenoxy) is 2. The van der Waals surface area contributed by atoms with Gasteiger partial charge in [-0.2, -0.15) is 0 Å². The Bertz CT molecular complexity index is 201. The number of esters is 1. The van der Waals surface area contributed by atoms with Crippen LogP contribution in [0.5, 0.6) is 0 Å². The van der Waals surface area contributed by atoms with E-state index < -0.39 is 0 Å². The fraction of sp³-hybridized carbons (Fsp3) is 0.917. The lowest BCUT2D eigenvalue weighted by molar-refractivity contribution is -0.141. The van der Waals surface area contributed by atoms with Crippen molar-refractivity contribution >= 4 is 5.97 Å². The third-order valence-electron chi connectivity index (χ3n) is 2.66. The van der Waals surface area contributed by atoms with Crippen LogP contribution in [0.3, 0.4) is 0 Å². The van der Waals surface area contributed by atoms with Crippen molar-refractivity contribution in [3.05, 3.63) is 0 Å². The SMILES string of the molecule is CC(=O)OC[C@H]1O[C@H]1CCCCC(C)C. The van der Waals surface area contributed by atoms with E-state index in [1.165, 1.54) is 26.2 Å². The molecule has 0 radical (unpaired) electrons. The zero-order valence-electron chi connectivity index (χ0n) is 9.99. The largest absolute Gasteiger partial charge is 0.463 e. The molecule has 1 aliphatic rings. The molecule has 3 heteroatoms. The van der Waals surface area contributed by atoms with Crippen LogP contribution in [0.2, 0.25) is 0 Å². The fourth-order valence-corrected chi connectivity index (χ4v) is 1.68. The van der Waals surface area contributed by atoms with Crippen LogP contribution in [0.1, 0.15) is 46.5 Å². The number of epoxide rings is 1. The molecule has 1 fully saturated rings. The quantitative estimate of drug-likeness (QED) is 0.371. The summed E-state index contributed by atoms with van der Waals surface area (Å²) in [6.07, 6.45) is 5.42. The van der Waals surface area contributed by atoms with Crippen LogP contribution in [0, 0.1) is 5.92 Å². The van der Waals surface area contributed by atoms with E-state index in [0.29, 0.717) is 12.7 Å². The second-order valence-electron chi connectivity index (χ2n) is 4.69. The number of carbonyl (C=O) groups is 1. The van der Waals surface area contributed by atoms with Crippen molar-refractivity contribution in [1.82, 2.24) is 0 Å². The smallest absolute Gasteiger partial charge is 0.302 e. The summed E-state index contributed by atoms with van der Waals surface area (Å²) in [6.45, 7) is 6.36. The first-order valence-electron chi connectivity index (χ1n) is 5.88. The van der Waals surface area contributed by atoms with Gasteiger partial charge >= 0.3 is 5.97 Å². The van der Waals surface area contributed by atoms with Gasteiger partial charge in [-0.15, -0.1) is 0 Å². The molecule has 0 N–H and O–H groups in total. The van der Waals surface area contributed by atoms with Crippen LogP contribution < -0.4 is 0 Å². The monoisotopic (exact) mass is 214 g/mol. The van der Waals surface area contributed by atoms with Gasteiger partial charge in [-0.1, -0.05) is 33.1 Å². The Kier molecular flexibility index (Phi) is 5.09. The second-order valence-corrected chi connectivity index (χ2v) is 4.69. The number of unbranched alkanes of at least 4 members (excludes halogenated alkanes) is 1. The van der Waals surface area contributed by atoms with Gasteiger partial charge in [0.25, 0.3) is 0 Å². The zero-order valence-corrected chi connectivity index (χ0v) is 9.99. The van der Waals surface area contributed by atoms with E-state index in [0.717, 1.165) is 12.3 Å². The summed E-state index contributed by atoms with van der Waals surface area (Å²) in [5.74, 6) is 0.575. The minimum Gasteiger partial charge on any atom is -0.463 e. The summed E-state index contributed by atoms with van der Waals surface area (Å²) in [4.78, 5) is 10.5. The highest BCUT2D eigenvalue weighted by Gasteiger charge is 2.38. The summed E-state index contributed by atoms with van der Waals surface area (Å²) < 4.78 is 10.3. The molecular weight excluding hydrogens is 192 g/mol. The lowest BCUT2D eigenvalue weighted by atomic mass is 10.0. The molecular formula is C12H22O3. The molecule has 0 saturated carbocycles. The number of hydrogen-bond donors (Lipinski definition) is 0. The lowest BCUT2D eigenvalue weighted by Crippen LogP contribution is -2.08. The molecule has 1 saturated heterocycles. The van der Waals surface area contributed by atoms with E-state index in [1.54, 1.807) is 0 Å². The maximum Gasteiger partial charge on any atom is 0.302 e. The minimum atomic E-state index is -0.218. The Hall–Kier alpha value is -0.570. The van der Waals surface area contributed by atoms with Crippen molar-refractivity contribution in [2.24, 2.45) is 5.92 Å². The summed E-state index contributed by atoms with van der Waals surface area (Å²) >= 11 is 0. The molecule has 0 aromatic heterocycles. The first-order valence-corrected chi connectivity index (χ1v) is 5.88. The fourth-order valence-electron chi connectivity index (χ4n) is 1.68. The molecule has 2 atom stereocenters. The molecule has 0 spiro atoms. The van der Waals surface area contributed by atoms with E-state index in [2.05, 4.69) is 13.8 Å². The Morgan fingerprint density at radius 2 is 2.07 bits per heavy atom. The highest BCUT2D eigenvalue weighted by atomic mass is 16.6. The Balaban J connectivity index is 1.91. The highest BCUT2D eigenvalue weighted by Crippen LogP contribution is 2.27. The third-order valence-corrected chi connectivity index (χ3v) is 2.66. The molecule has 0 unspecified atom stereocenters. The zero-order chi connectivity index (χ0) is 11.3. The summed E-state index contributed by atoms with van der Waals surface area (Å²) in [6, 6.07) is 0. The standard InChI is InChI=1S/C12H22O3/c1-9(2)6-4-5-7-11-12(15-11)8-14-10(3)13/h9,11-12H,4-8H2,1-3H3/t11-,12+/m0/s1. The first kappa shape index (κ1) is 12.5. The van der Waals surface area contributed by atoms with Crippen LogP contribution in [0.25, 0.3) is 0 Å². The van der Waals surface area contributed by atoms with Crippen LogP contribution in [0.4, 0.5) is 0 Å². The number of rotatable bonds is 7. The van der Waals surface area contributed by atoms with E-state index in [-0.39, 0.29) is 12.1 Å². The number of hydrogen-bond acceptors (Lipinski definition) is 3. The summed E-state index contributed by atoms with van der Waals surface area (Å²) in [5.41, 5.74) is 0. The third kappa shape index (κ3) is 5.78. The summed E-state index contributed by atoms with van der Waals surface area (Å²) in [5, 5.41) is 0. The van der Waals surface area contributed by atoms with Gasteiger partial charge in [0.05, 0.1) is 6.10 Å². The average molecular weight is 214 g/mol. The second kappa shape index (κ2) is 6.11. The maximum absolute atomic E-state index is 10.5. The van der Waals surface area contributed by atoms with E-state index in [1.807, 2.05) is 0 Å². The molecule has 1 heterocycles. The topological polar surface area (TPSA) is 38.8 Å². The van der Waals surface area contributed by atoms with Gasteiger partial charge in [-0.25, -0.2) is 0 Å². The van der Waals surface area contributed by atoms with Crippen molar-refractivity contribution < 1.29 is 14.3 Å². The van der Waals surface area contributed by atoms with Gasteiger partial charge in [-0.05, 0) is 12.3 Å². The number of carbonyl (C=O) groups excluding carboxylic acids is 1. The van der Waals surface area contributed by atoms with E-state index in [4.69, 9.17) is 9.47 Å². The average Bonchev–Trinajstić information content (AvgIpc) is 2.88. The molecule has 0 bridgehead atoms. The first-order chi connectivity index (χ1) is 7.09. The molecule has 0 aromatic rings. The normalized spacial score (nSPS) is 24.3. The van der Waals surface area contributed by atoms with Gasteiger partial charge in [0.2, 0.25) is 0 Å². The Morgan fingerprint density at radius 3 is 2.67 bits per heavy atom. The predicted molar refractivity (Wildman–Crippen MR) is 58.6 cm³/mol. The molecule has 0 amide bonds. The Labute approximate surface area is 92.1 Å². The lowest BCUT2D eigenvalue weighted by Gasteiger charge is -2.02. The highest BCUT2D eigenvalue weighted by molar-refractivity contribution is 5.65. The summed E-state index contributed by atoms with van der Waals surface area (Å²) in [7, 11) is 0. The maximum atomic E-state index is 10.5. The van der Waals surface area contributed by atoms with E-state index in [9.17, 15) is 4.79 Å². The Morgan fingerprint density at radius 1 is 1.33 bits per heavy atom. The molecule has 1 aliphatic heterocycles. The van der Waals surface area contributed by atoms with Crippen molar-refractivity contribution in [3.63, 3.8) is 0 Å². The molecule has 3 nitrogen and oxygen atoms in total. The molecule has 88 valence electrons. The van der Waals surface area contributed by atoms with E-state index >= 15 is 0 Å². The van der Waals surface area contributed by atoms with Crippen molar-refractivity contribution in [1.29, 1.82) is 0 Å². The van der Waals surface area contributed by atoms with Gasteiger partial charge in [-0.3, -0.25) is 4.79 Å². The molecule has 15 heavy (non-hydrogen) atoms. The van der Waals surface area contributed by atoms with Crippen molar-refractivity contribution in [2.75, 3.05) is 6.61 Å². The predicted octanol–water partition coefficient (Wildman–Crippen LogP) is 2.53. The van der Waals surface area contributed by atoms with Gasteiger partial charge in [0.1, 0.15) is 12.7 Å². The molecule has 0 aromatic carbocycles. The van der Waals surface area contributed by atoms with Gasteiger partial charge in [0, 0.05) is 6.92 Å².